The number of nitrogens with zero attached hydrogens (tertiary/aromatic N) is 2. The highest BCUT2D eigenvalue weighted by atomic mass is 32.1. The third-order valence-corrected chi connectivity index (χ3v) is 4.29. The summed E-state index contributed by atoms with van der Waals surface area (Å²) in [5.41, 5.74) is 1.62. The highest BCUT2D eigenvalue weighted by Gasteiger charge is 2.20. The van der Waals surface area contributed by atoms with E-state index in [1.807, 2.05) is 30.3 Å². The molecule has 114 valence electrons. The normalized spacial score (nSPS) is 10.4. The Labute approximate surface area is 134 Å². The minimum atomic E-state index is -1.07. The summed E-state index contributed by atoms with van der Waals surface area (Å²) in [6.07, 6.45) is 0. The molecule has 0 aliphatic heterocycles. The van der Waals surface area contributed by atoms with E-state index in [1.54, 1.807) is 0 Å². The van der Waals surface area contributed by atoms with E-state index in [2.05, 4.69) is 4.98 Å². The van der Waals surface area contributed by atoms with E-state index in [-0.39, 0.29) is 10.6 Å². The van der Waals surface area contributed by atoms with Crippen LogP contribution in [-0.2, 0) is 0 Å². The second-order valence-corrected chi connectivity index (χ2v) is 5.67. The van der Waals surface area contributed by atoms with Crippen LogP contribution in [0.1, 0.15) is 9.67 Å². The monoisotopic (exact) mass is 326 g/mol. The summed E-state index contributed by atoms with van der Waals surface area (Å²) in [4.78, 5) is 26.2. The Morgan fingerprint density at radius 2 is 1.70 bits per heavy atom. The fourth-order valence-electron chi connectivity index (χ4n) is 2.11. The molecule has 0 fully saturated rings. The summed E-state index contributed by atoms with van der Waals surface area (Å²) in [5, 5.41) is 20.7. The predicted molar refractivity (Wildman–Crippen MR) is 86.6 cm³/mol. The van der Waals surface area contributed by atoms with Gasteiger partial charge >= 0.3 is 5.97 Å². The number of rotatable bonds is 4. The number of thiazole rings is 1. The second-order valence-electron chi connectivity index (χ2n) is 4.67. The molecule has 0 radical (unpaired) electrons. The van der Waals surface area contributed by atoms with Crippen molar-refractivity contribution in [3.05, 3.63) is 69.6 Å². The lowest BCUT2D eigenvalue weighted by Crippen LogP contribution is -1.95. The minimum absolute atomic E-state index is 0.0517. The highest BCUT2D eigenvalue weighted by Crippen LogP contribution is 2.34. The molecule has 6 nitrogen and oxygen atoms in total. The molecular weight excluding hydrogens is 316 g/mol. The van der Waals surface area contributed by atoms with Crippen LogP contribution in [-0.4, -0.2) is 21.0 Å². The van der Waals surface area contributed by atoms with E-state index in [9.17, 15) is 20.0 Å². The number of carboxylic acids is 1. The number of aromatic carboxylic acids is 1. The van der Waals surface area contributed by atoms with Gasteiger partial charge < -0.3 is 5.11 Å². The van der Waals surface area contributed by atoms with Crippen LogP contribution in [0.4, 0.5) is 5.69 Å². The molecule has 0 bridgehead atoms. The standard InChI is InChI=1S/C16H10N2O4S/c19-16(20)14-13(10-6-8-12(9-7-10)18(21)22)17-15(23-14)11-4-2-1-3-5-11/h1-9H,(H,19,20). The summed E-state index contributed by atoms with van der Waals surface area (Å²) in [6.45, 7) is 0. The molecule has 0 saturated heterocycles. The van der Waals surface area contributed by atoms with Gasteiger partial charge in [-0.25, -0.2) is 9.78 Å². The van der Waals surface area contributed by atoms with Gasteiger partial charge in [0.1, 0.15) is 9.88 Å². The average Bonchev–Trinajstić information content (AvgIpc) is 3.01. The van der Waals surface area contributed by atoms with Crippen molar-refractivity contribution in [1.82, 2.24) is 4.98 Å². The Kier molecular flexibility index (Phi) is 3.86. The molecule has 1 aromatic heterocycles. The third-order valence-electron chi connectivity index (χ3n) is 3.19. The fraction of sp³-hybridized carbons (Fsp3) is 0. The molecule has 2 aromatic carbocycles. The smallest absolute Gasteiger partial charge is 0.348 e. The lowest BCUT2D eigenvalue weighted by Gasteiger charge is -1.99. The number of nitro groups is 1. The van der Waals surface area contributed by atoms with Crippen molar-refractivity contribution in [2.75, 3.05) is 0 Å². The minimum Gasteiger partial charge on any atom is -0.477 e. The van der Waals surface area contributed by atoms with Crippen LogP contribution in [0.3, 0.4) is 0 Å². The number of aromatic nitrogens is 1. The van der Waals surface area contributed by atoms with Crippen LogP contribution in [0, 0.1) is 10.1 Å². The second kappa shape index (κ2) is 5.98. The first-order valence-electron chi connectivity index (χ1n) is 6.60. The van der Waals surface area contributed by atoms with Gasteiger partial charge in [0.25, 0.3) is 5.69 Å². The number of hydrogen-bond acceptors (Lipinski definition) is 5. The molecule has 0 atom stereocenters. The molecule has 0 unspecified atom stereocenters. The lowest BCUT2D eigenvalue weighted by molar-refractivity contribution is -0.384. The summed E-state index contributed by atoms with van der Waals surface area (Å²) < 4.78 is 0. The van der Waals surface area contributed by atoms with Gasteiger partial charge in [-0.3, -0.25) is 10.1 Å². The maximum absolute atomic E-state index is 11.5. The maximum atomic E-state index is 11.5. The van der Waals surface area contributed by atoms with Gasteiger partial charge in [-0.2, -0.15) is 0 Å². The van der Waals surface area contributed by atoms with E-state index in [0.717, 1.165) is 16.9 Å². The van der Waals surface area contributed by atoms with Crippen LogP contribution in [0.15, 0.2) is 54.6 Å². The number of carbonyl (C=O) groups is 1. The summed E-state index contributed by atoms with van der Waals surface area (Å²) in [6, 6.07) is 15.0. The zero-order valence-electron chi connectivity index (χ0n) is 11.7. The molecule has 3 aromatic rings. The van der Waals surface area contributed by atoms with E-state index in [0.29, 0.717) is 16.3 Å². The van der Waals surface area contributed by atoms with Gasteiger partial charge in [0, 0.05) is 23.3 Å². The number of carboxylic acid groups (broad SMARTS) is 1. The van der Waals surface area contributed by atoms with Gasteiger partial charge in [-0.05, 0) is 12.1 Å². The first kappa shape index (κ1) is 14.9. The first-order valence-corrected chi connectivity index (χ1v) is 7.42. The molecule has 23 heavy (non-hydrogen) atoms. The van der Waals surface area contributed by atoms with Crippen molar-refractivity contribution in [2.45, 2.75) is 0 Å². The Bertz CT molecular complexity index is 873. The average molecular weight is 326 g/mol. The van der Waals surface area contributed by atoms with E-state index >= 15 is 0 Å². The fourth-order valence-corrected chi connectivity index (χ4v) is 3.04. The van der Waals surface area contributed by atoms with Gasteiger partial charge in [0.15, 0.2) is 0 Å². The van der Waals surface area contributed by atoms with Crippen molar-refractivity contribution >= 4 is 23.0 Å². The number of hydrogen-bond donors (Lipinski definition) is 1. The van der Waals surface area contributed by atoms with Gasteiger partial charge in [-0.1, -0.05) is 30.3 Å². The molecule has 0 saturated carbocycles. The lowest BCUT2D eigenvalue weighted by atomic mass is 10.1. The SMILES string of the molecule is O=C(O)c1sc(-c2ccccc2)nc1-c1ccc([N+](=O)[O-])cc1. The molecule has 1 N–H and O–H groups in total. The molecule has 0 spiro atoms. The number of nitro benzene ring substituents is 1. The van der Waals surface area contributed by atoms with Crippen molar-refractivity contribution in [2.24, 2.45) is 0 Å². The highest BCUT2D eigenvalue weighted by molar-refractivity contribution is 7.17. The molecule has 1 heterocycles. The molecule has 7 heteroatoms. The largest absolute Gasteiger partial charge is 0.477 e. The maximum Gasteiger partial charge on any atom is 0.348 e. The van der Waals surface area contributed by atoms with Crippen LogP contribution in [0.2, 0.25) is 0 Å². The van der Waals surface area contributed by atoms with Crippen LogP contribution in [0.25, 0.3) is 21.8 Å². The Morgan fingerprint density at radius 3 is 2.26 bits per heavy atom. The summed E-state index contributed by atoms with van der Waals surface area (Å²) >= 11 is 1.08. The van der Waals surface area contributed by atoms with Crippen LogP contribution < -0.4 is 0 Å². The molecule has 0 amide bonds. The van der Waals surface area contributed by atoms with Crippen molar-refractivity contribution in [3.63, 3.8) is 0 Å². The van der Waals surface area contributed by atoms with Gasteiger partial charge in [-0.15, -0.1) is 11.3 Å². The summed E-state index contributed by atoms with van der Waals surface area (Å²) in [5.74, 6) is -1.07. The predicted octanol–water partition coefficient (Wildman–Crippen LogP) is 4.08. The van der Waals surface area contributed by atoms with Crippen molar-refractivity contribution in [1.29, 1.82) is 0 Å². The topological polar surface area (TPSA) is 93.3 Å². The Hall–Kier alpha value is -3.06. The van der Waals surface area contributed by atoms with Crippen LogP contribution >= 0.6 is 11.3 Å². The molecule has 0 aliphatic rings. The van der Waals surface area contributed by atoms with E-state index in [1.165, 1.54) is 24.3 Å². The summed E-state index contributed by atoms with van der Waals surface area (Å²) in [7, 11) is 0. The number of non-ortho nitro benzene ring substituents is 1. The molecule has 3 rings (SSSR count). The van der Waals surface area contributed by atoms with Gasteiger partial charge in [0.05, 0.1) is 10.6 Å². The van der Waals surface area contributed by atoms with E-state index in [4.69, 9.17) is 0 Å². The zero-order valence-corrected chi connectivity index (χ0v) is 12.5. The van der Waals surface area contributed by atoms with E-state index < -0.39 is 10.9 Å². The first-order chi connectivity index (χ1) is 11.1. The Morgan fingerprint density at radius 1 is 1.04 bits per heavy atom. The molecule has 0 aliphatic carbocycles. The Balaban J connectivity index is 2.09. The third kappa shape index (κ3) is 2.95. The van der Waals surface area contributed by atoms with Crippen LogP contribution in [0.5, 0.6) is 0 Å². The van der Waals surface area contributed by atoms with Gasteiger partial charge in [0.2, 0.25) is 0 Å². The van der Waals surface area contributed by atoms with Crippen molar-refractivity contribution in [3.8, 4) is 21.8 Å². The molecular formula is C16H10N2O4S. The quantitative estimate of drug-likeness (QED) is 0.576. The van der Waals surface area contributed by atoms with Crippen molar-refractivity contribution < 1.29 is 14.8 Å². The number of benzene rings is 2. The zero-order chi connectivity index (χ0) is 16.4.